The number of thioether (sulfide) groups is 1. The first-order chi connectivity index (χ1) is 12.4. The Hall–Kier alpha value is -1.98. The number of hydrogen-bond acceptors (Lipinski definition) is 3. The molecular formula is C20H23ClN2O2S. The number of aryl methyl sites for hydroxylation is 1. The van der Waals surface area contributed by atoms with Gasteiger partial charge in [0.05, 0.1) is 5.25 Å². The summed E-state index contributed by atoms with van der Waals surface area (Å²) in [7, 11) is 0. The van der Waals surface area contributed by atoms with E-state index in [1.807, 2.05) is 57.2 Å². The van der Waals surface area contributed by atoms with Crippen LogP contribution < -0.4 is 10.6 Å². The number of nitrogens with one attached hydrogen (secondary N) is 2. The van der Waals surface area contributed by atoms with E-state index in [2.05, 4.69) is 10.6 Å². The van der Waals surface area contributed by atoms with E-state index in [0.717, 1.165) is 22.6 Å². The van der Waals surface area contributed by atoms with Gasteiger partial charge in [0.2, 0.25) is 11.8 Å². The van der Waals surface area contributed by atoms with Gasteiger partial charge in [-0.25, -0.2) is 0 Å². The summed E-state index contributed by atoms with van der Waals surface area (Å²) < 4.78 is 0. The van der Waals surface area contributed by atoms with Crippen LogP contribution in [0, 0.1) is 6.92 Å². The SMILES string of the molecule is CCCC(=O)Nc1ccc(SC(C)C(=O)Nc2ccc(C)c(Cl)c2)cc1. The Kier molecular flexibility index (Phi) is 7.54. The molecule has 0 bridgehead atoms. The molecule has 2 N–H and O–H groups in total. The van der Waals surface area contributed by atoms with Crippen molar-refractivity contribution in [1.82, 2.24) is 0 Å². The summed E-state index contributed by atoms with van der Waals surface area (Å²) in [6.45, 7) is 5.74. The van der Waals surface area contributed by atoms with Crippen LogP contribution in [0.5, 0.6) is 0 Å². The third-order valence-corrected chi connectivity index (χ3v) is 5.26. The lowest BCUT2D eigenvalue weighted by molar-refractivity contribution is -0.116. The van der Waals surface area contributed by atoms with Crippen molar-refractivity contribution < 1.29 is 9.59 Å². The second kappa shape index (κ2) is 9.64. The average Bonchev–Trinajstić information content (AvgIpc) is 2.60. The van der Waals surface area contributed by atoms with Gasteiger partial charge in [-0.05, 0) is 62.2 Å². The van der Waals surface area contributed by atoms with Gasteiger partial charge in [0.25, 0.3) is 0 Å². The fourth-order valence-electron chi connectivity index (χ4n) is 2.24. The van der Waals surface area contributed by atoms with Gasteiger partial charge in [-0.2, -0.15) is 0 Å². The van der Waals surface area contributed by atoms with Crippen LogP contribution in [0.2, 0.25) is 5.02 Å². The molecule has 2 aromatic rings. The summed E-state index contributed by atoms with van der Waals surface area (Å²) >= 11 is 7.55. The Morgan fingerprint density at radius 2 is 1.73 bits per heavy atom. The predicted octanol–water partition coefficient (Wildman–Crippen LogP) is 5.51. The Morgan fingerprint density at radius 3 is 2.35 bits per heavy atom. The second-order valence-corrected chi connectivity index (χ2v) is 7.86. The van der Waals surface area contributed by atoms with Crippen LogP contribution >= 0.6 is 23.4 Å². The molecule has 0 heterocycles. The zero-order valence-corrected chi connectivity index (χ0v) is 16.7. The average molecular weight is 391 g/mol. The molecule has 0 radical (unpaired) electrons. The molecule has 6 heteroatoms. The molecule has 0 saturated heterocycles. The van der Waals surface area contributed by atoms with Gasteiger partial charge in [0.1, 0.15) is 0 Å². The van der Waals surface area contributed by atoms with Gasteiger partial charge in [-0.3, -0.25) is 9.59 Å². The summed E-state index contributed by atoms with van der Waals surface area (Å²) in [6.07, 6.45) is 1.33. The number of anilines is 2. The first kappa shape index (κ1) is 20.3. The van der Waals surface area contributed by atoms with E-state index in [9.17, 15) is 9.59 Å². The fraction of sp³-hybridized carbons (Fsp3) is 0.300. The van der Waals surface area contributed by atoms with E-state index < -0.39 is 0 Å². The highest BCUT2D eigenvalue weighted by atomic mass is 35.5. The topological polar surface area (TPSA) is 58.2 Å². The molecule has 1 atom stereocenters. The van der Waals surface area contributed by atoms with Crippen LogP contribution in [0.1, 0.15) is 32.3 Å². The minimum absolute atomic E-state index is 0.0115. The smallest absolute Gasteiger partial charge is 0.237 e. The fourth-order valence-corrected chi connectivity index (χ4v) is 3.29. The van der Waals surface area contributed by atoms with E-state index in [4.69, 9.17) is 11.6 Å². The predicted molar refractivity (Wildman–Crippen MR) is 110 cm³/mol. The van der Waals surface area contributed by atoms with Crippen molar-refractivity contribution >= 4 is 46.6 Å². The molecule has 0 spiro atoms. The number of amides is 2. The zero-order chi connectivity index (χ0) is 19.1. The molecule has 1 unspecified atom stereocenters. The van der Waals surface area contributed by atoms with Gasteiger partial charge in [0.15, 0.2) is 0 Å². The highest BCUT2D eigenvalue weighted by Gasteiger charge is 2.15. The normalized spacial score (nSPS) is 11.7. The quantitative estimate of drug-likeness (QED) is 0.613. The van der Waals surface area contributed by atoms with Crippen molar-refractivity contribution in [2.75, 3.05) is 10.6 Å². The van der Waals surface area contributed by atoms with Gasteiger partial charge in [-0.1, -0.05) is 24.6 Å². The summed E-state index contributed by atoms with van der Waals surface area (Å²) in [4.78, 5) is 24.9. The van der Waals surface area contributed by atoms with E-state index in [-0.39, 0.29) is 17.1 Å². The molecule has 0 aliphatic heterocycles. The molecular weight excluding hydrogens is 368 g/mol. The lowest BCUT2D eigenvalue weighted by Crippen LogP contribution is -2.22. The molecule has 2 rings (SSSR count). The summed E-state index contributed by atoms with van der Waals surface area (Å²) in [5.74, 6) is -0.0762. The molecule has 0 aliphatic carbocycles. The Labute approximate surface area is 163 Å². The van der Waals surface area contributed by atoms with Crippen LogP contribution in [0.3, 0.4) is 0 Å². The summed E-state index contributed by atoms with van der Waals surface area (Å²) in [5, 5.41) is 6.09. The maximum atomic E-state index is 12.4. The van der Waals surface area contributed by atoms with Gasteiger partial charge in [0, 0.05) is 27.7 Å². The third kappa shape index (κ3) is 6.07. The lowest BCUT2D eigenvalue weighted by Gasteiger charge is -2.13. The van der Waals surface area contributed by atoms with Crippen molar-refractivity contribution in [3.05, 3.63) is 53.1 Å². The van der Waals surface area contributed by atoms with E-state index in [1.54, 1.807) is 6.07 Å². The highest BCUT2D eigenvalue weighted by molar-refractivity contribution is 8.00. The number of rotatable bonds is 7. The number of hydrogen-bond donors (Lipinski definition) is 2. The lowest BCUT2D eigenvalue weighted by atomic mass is 10.2. The Balaban J connectivity index is 1.91. The van der Waals surface area contributed by atoms with Crippen molar-refractivity contribution in [3.8, 4) is 0 Å². The largest absolute Gasteiger partial charge is 0.326 e. The van der Waals surface area contributed by atoms with Crippen molar-refractivity contribution in [2.24, 2.45) is 0 Å². The number of carbonyl (C=O) groups is 2. The van der Waals surface area contributed by atoms with Crippen LogP contribution in [0.15, 0.2) is 47.4 Å². The molecule has 0 fully saturated rings. The van der Waals surface area contributed by atoms with E-state index in [0.29, 0.717) is 17.1 Å². The van der Waals surface area contributed by atoms with Crippen LogP contribution in [-0.4, -0.2) is 17.1 Å². The van der Waals surface area contributed by atoms with E-state index in [1.165, 1.54) is 11.8 Å². The van der Waals surface area contributed by atoms with Crippen molar-refractivity contribution in [1.29, 1.82) is 0 Å². The zero-order valence-electron chi connectivity index (χ0n) is 15.1. The maximum Gasteiger partial charge on any atom is 0.237 e. The highest BCUT2D eigenvalue weighted by Crippen LogP contribution is 2.26. The van der Waals surface area contributed by atoms with Crippen LogP contribution in [0.25, 0.3) is 0 Å². The third-order valence-electron chi connectivity index (χ3n) is 3.74. The van der Waals surface area contributed by atoms with E-state index >= 15 is 0 Å². The minimum Gasteiger partial charge on any atom is -0.326 e. The number of benzene rings is 2. The van der Waals surface area contributed by atoms with Gasteiger partial charge >= 0.3 is 0 Å². The number of halogens is 1. The monoisotopic (exact) mass is 390 g/mol. The molecule has 26 heavy (non-hydrogen) atoms. The molecule has 2 amide bonds. The number of carbonyl (C=O) groups excluding carboxylic acids is 2. The molecule has 0 aromatic heterocycles. The Bertz CT molecular complexity index is 778. The molecule has 138 valence electrons. The van der Waals surface area contributed by atoms with Crippen molar-refractivity contribution in [3.63, 3.8) is 0 Å². The second-order valence-electron chi connectivity index (χ2n) is 6.04. The molecule has 2 aromatic carbocycles. The molecule has 4 nitrogen and oxygen atoms in total. The summed E-state index contributed by atoms with van der Waals surface area (Å²) in [5.41, 5.74) is 2.42. The van der Waals surface area contributed by atoms with Gasteiger partial charge < -0.3 is 10.6 Å². The van der Waals surface area contributed by atoms with Crippen molar-refractivity contribution in [2.45, 2.75) is 43.8 Å². The van der Waals surface area contributed by atoms with Crippen LogP contribution in [0.4, 0.5) is 11.4 Å². The standard InChI is InChI=1S/C20H23ClN2O2S/c1-4-5-19(24)22-15-8-10-17(11-9-15)26-14(3)20(25)23-16-7-6-13(2)18(21)12-16/h6-12,14H,4-5H2,1-3H3,(H,22,24)(H,23,25). The van der Waals surface area contributed by atoms with Gasteiger partial charge in [-0.15, -0.1) is 11.8 Å². The first-order valence-electron chi connectivity index (χ1n) is 8.52. The summed E-state index contributed by atoms with van der Waals surface area (Å²) in [6, 6.07) is 13.0. The molecule has 0 aliphatic rings. The first-order valence-corrected chi connectivity index (χ1v) is 9.78. The van der Waals surface area contributed by atoms with Crippen LogP contribution in [-0.2, 0) is 9.59 Å². The maximum absolute atomic E-state index is 12.4. The molecule has 0 saturated carbocycles. The minimum atomic E-state index is -0.268. The Morgan fingerprint density at radius 1 is 1.08 bits per heavy atom.